The molecule has 0 atom stereocenters. The molecule has 0 aromatic carbocycles. The highest BCUT2D eigenvalue weighted by Crippen LogP contribution is 2.29. The van der Waals surface area contributed by atoms with Gasteiger partial charge in [-0.1, -0.05) is 20.8 Å². The second-order valence-corrected chi connectivity index (χ2v) is 5.85. The van der Waals surface area contributed by atoms with Crippen molar-refractivity contribution in [3.8, 4) is 0 Å². The van der Waals surface area contributed by atoms with E-state index < -0.39 is 0 Å². The van der Waals surface area contributed by atoms with E-state index in [2.05, 4.69) is 25.7 Å². The van der Waals surface area contributed by atoms with Crippen LogP contribution in [0.4, 0.5) is 0 Å². The predicted molar refractivity (Wildman–Crippen MR) is 65.2 cm³/mol. The lowest BCUT2D eigenvalue weighted by Crippen LogP contribution is -2.32. The molecule has 88 valence electrons. The maximum absolute atomic E-state index is 7.26. The highest BCUT2D eigenvalue weighted by atomic mass is 15.2. The third kappa shape index (κ3) is 5.78. The molecule has 3 N–H and O–H groups in total. The van der Waals surface area contributed by atoms with Crippen LogP contribution in [0.5, 0.6) is 0 Å². The molecule has 0 amide bonds. The molecule has 3 heteroatoms. The quantitative estimate of drug-likeness (QED) is 0.523. The highest BCUT2D eigenvalue weighted by molar-refractivity contribution is 5.76. The molecule has 0 radical (unpaired) electrons. The molecule has 0 spiro atoms. The fourth-order valence-electron chi connectivity index (χ4n) is 1.66. The van der Waals surface area contributed by atoms with Gasteiger partial charge in [0.25, 0.3) is 0 Å². The summed E-state index contributed by atoms with van der Waals surface area (Å²) in [7, 11) is 0. The van der Waals surface area contributed by atoms with Gasteiger partial charge < -0.3 is 5.73 Å². The summed E-state index contributed by atoms with van der Waals surface area (Å²) in [4.78, 5) is 2.51. The summed E-state index contributed by atoms with van der Waals surface area (Å²) < 4.78 is 0. The van der Waals surface area contributed by atoms with Gasteiger partial charge in [0.05, 0.1) is 5.84 Å². The second kappa shape index (κ2) is 4.97. The SMILES string of the molecule is CC(C)(C)CCN(CCC(=N)N)C1CC1. The molecule has 0 aliphatic heterocycles. The van der Waals surface area contributed by atoms with Crippen LogP contribution in [-0.2, 0) is 0 Å². The monoisotopic (exact) mass is 211 g/mol. The number of hydrogen-bond acceptors (Lipinski definition) is 2. The first-order valence-corrected chi connectivity index (χ1v) is 5.95. The molecule has 15 heavy (non-hydrogen) atoms. The minimum absolute atomic E-state index is 0.316. The third-order valence-corrected chi connectivity index (χ3v) is 2.88. The molecule has 1 saturated carbocycles. The average Bonchev–Trinajstić information content (AvgIpc) is 2.85. The average molecular weight is 211 g/mol. The van der Waals surface area contributed by atoms with E-state index in [0.717, 1.165) is 25.6 Å². The van der Waals surface area contributed by atoms with Gasteiger partial charge in [-0.2, -0.15) is 0 Å². The predicted octanol–water partition coefficient (Wildman–Crippen LogP) is 2.21. The third-order valence-electron chi connectivity index (χ3n) is 2.88. The van der Waals surface area contributed by atoms with Crippen molar-refractivity contribution in [3.05, 3.63) is 0 Å². The Morgan fingerprint density at radius 1 is 1.33 bits per heavy atom. The Kier molecular flexibility index (Phi) is 4.14. The molecule has 0 aromatic heterocycles. The van der Waals surface area contributed by atoms with E-state index in [4.69, 9.17) is 11.1 Å². The second-order valence-electron chi connectivity index (χ2n) is 5.85. The maximum Gasteiger partial charge on any atom is 0.0918 e. The Morgan fingerprint density at radius 3 is 2.33 bits per heavy atom. The lowest BCUT2D eigenvalue weighted by molar-refractivity contribution is 0.224. The summed E-state index contributed by atoms with van der Waals surface area (Å²) in [5.41, 5.74) is 5.81. The molecular weight excluding hydrogens is 186 g/mol. The van der Waals surface area contributed by atoms with Crippen molar-refractivity contribution in [1.82, 2.24) is 4.90 Å². The summed E-state index contributed by atoms with van der Waals surface area (Å²) in [5, 5.41) is 7.26. The minimum atomic E-state index is 0.316. The standard InChI is InChI=1S/C12H25N3/c1-12(2,3)7-9-15(10-4-5-10)8-6-11(13)14/h10H,4-9H2,1-3H3,(H3,13,14). The van der Waals surface area contributed by atoms with E-state index in [9.17, 15) is 0 Å². The van der Waals surface area contributed by atoms with Crippen molar-refractivity contribution in [2.45, 2.75) is 52.5 Å². The molecule has 1 fully saturated rings. The number of nitrogens with one attached hydrogen (secondary N) is 1. The van der Waals surface area contributed by atoms with Crippen molar-refractivity contribution < 1.29 is 0 Å². The van der Waals surface area contributed by atoms with Crippen LogP contribution in [0.25, 0.3) is 0 Å². The highest BCUT2D eigenvalue weighted by Gasteiger charge is 2.29. The Morgan fingerprint density at radius 2 is 1.93 bits per heavy atom. The van der Waals surface area contributed by atoms with Gasteiger partial charge >= 0.3 is 0 Å². The molecule has 0 bridgehead atoms. The van der Waals surface area contributed by atoms with Gasteiger partial charge in [-0.05, 0) is 31.2 Å². The first-order chi connectivity index (χ1) is 6.88. The van der Waals surface area contributed by atoms with Gasteiger partial charge in [0.2, 0.25) is 0 Å². The molecule has 1 aliphatic rings. The minimum Gasteiger partial charge on any atom is -0.388 e. The first-order valence-electron chi connectivity index (χ1n) is 5.95. The fourth-order valence-corrected chi connectivity index (χ4v) is 1.66. The lowest BCUT2D eigenvalue weighted by atomic mass is 9.92. The Balaban J connectivity index is 2.27. The lowest BCUT2D eigenvalue weighted by Gasteiger charge is -2.26. The smallest absolute Gasteiger partial charge is 0.0918 e. The van der Waals surface area contributed by atoms with E-state index in [1.807, 2.05) is 0 Å². The van der Waals surface area contributed by atoms with Crippen LogP contribution in [0.2, 0.25) is 0 Å². The van der Waals surface area contributed by atoms with Crippen LogP contribution in [-0.4, -0.2) is 29.9 Å². The zero-order valence-corrected chi connectivity index (χ0v) is 10.3. The number of nitrogens with zero attached hydrogens (tertiary/aromatic N) is 1. The summed E-state index contributed by atoms with van der Waals surface area (Å²) in [6, 6.07) is 0.784. The topological polar surface area (TPSA) is 53.1 Å². The molecule has 0 aromatic rings. The van der Waals surface area contributed by atoms with Crippen LogP contribution >= 0.6 is 0 Å². The Bertz CT molecular complexity index is 213. The molecule has 1 rings (SSSR count). The molecule has 0 saturated heterocycles. The summed E-state index contributed by atoms with van der Waals surface area (Å²) in [6.07, 6.45) is 4.62. The summed E-state index contributed by atoms with van der Waals surface area (Å²) in [6.45, 7) is 8.96. The molecule has 0 heterocycles. The van der Waals surface area contributed by atoms with Gasteiger partial charge in [-0.25, -0.2) is 0 Å². The van der Waals surface area contributed by atoms with Crippen molar-refractivity contribution in [2.75, 3.05) is 13.1 Å². The van der Waals surface area contributed by atoms with Gasteiger partial charge in [-0.15, -0.1) is 0 Å². The van der Waals surface area contributed by atoms with E-state index >= 15 is 0 Å². The van der Waals surface area contributed by atoms with Gasteiger partial charge in [-0.3, -0.25) is 10.3 Å². The Labute approximate surface area is 93.5 Å². The zero-order chi connectivity index (χ0) is 11.5. The van der Waals surface area contributed by atoms with E-state index in [1.54, 1.807) is 0 Å². The number of rotatable bonds is 6. The van der Waals surface area contributed by atoms with E-state index in [0.29, 0.717) is 11.3 Å². The van der Waals surface area contributed by atoms with Crippen molar-refractivity contribution in [1.29, 1.82) is 5.41 Å². The molecular formula is C12H25N3. The number of hydrogen-bond donors (Lipinski definition) is 2. The molecule has 1 aliphatic carbocycles. The fraction of sp³-hybridized carbons (Fsp3) is 0.917. The van der Waals surface area contributed by atoms with Crippen molar-refractivity contribution >= 4 is 5.84 Å². The number of nitrogens with two attached hydrogens (primary N) is 1. The van der Waals surface area contributed by atoms with Gasteiger partial charge in [0.15, 0.2) is 0 Å². The van der Waals surface area contributed by atoms with Crippen LogP contribution < -0.4 is 5.73 Å². The molecule has 0 unspecified atom stereocenters. The summed E-state index contributed by atoms with van der Waals surface area (Å²) in [5.74, 6) is 0.316. The van der Waals surface area contributed by atoms with Crippen LogP contribution in [0, 0.1) is 10.8 Å². The largest absolute Gasteiger partial charge is 0.388 e. The molecule has 3 nitrogen and oxygen atoms in total. The van der Waals surface area contributed by atoms with E-state index in [1.165, 1.54) is 19.3 Å². The van der Waals surface area contributed by atoms with Crippen LogP contribution in [0.1, 0.15) is 46.5 Å². The van der Waals surface area contributed by atoms with Crippen molar-refractivity contribution in [3.63, 3.8) is 0 Å². The Hall–Kier alpha value is -0.570. The maximum atomic E-state index is 7.26. The van der Waals surface area contributed by atoms with Gasteiger partial charge in [0, 0.05) is 19.0 Å². The summed E-state index contributed by atoms with van der Waals surface area (Å²) >= 11 is 0. The first kappa shape index (κ1) is 12.5. The van der Waals surface area contributed by atoms with E-state index in [-0.39, 0.29) is 0 Å². The van der Waals surface area contributed by atoms with Crippen molar-refractivity contribution in [2.24, 2.45) is 11.1 Å². The zero-order valence-electron chi connectivity index (χ0n) is 10.3. The normalized spacial score (nSPS) is 17.1. The van der Waals surface area contributed by atoms with Crippen LogP contribution in [0.15, 0.2) is 0 Å². The number of amidine groups is 1. The van der Waals surface area contributed by atoms with Crippen LogP contribution in [0.3, 0.4) is 0 Å². The van der Waals surface area contributed by atoms with Gasteiger partial charge in [0.1, 0.15) is 0 Å².